The molecule has 0 fully saturated rings. The van der Waals surface area contributed by atoms with Crippen molar-refractivity contribution in [2.45, 2.75) is 26.7 Å². The molecular weight excluding hydrogens is 162 g/mol. The zero-order valence-electron chi connectivity index (χ0n) is 8.09. The van der Waals surface area contributed by atoms with E-state index >= 15 is 0 Å². The predicted octanol–water partition coefficient (Wildman–Crippen LogP) is 2.52. The standard InChI is InChI=1S/C10H15N3/c1-3-4-7-12-10(11)9-6-5-8(2)13-9/h5-7,11,13H,3-4H2,1-2H3/b11-10?,12-7-. The van der Waals surface area contributed by atoms with Gasteiger partial charge >= 0.3 is 0 Å². The van der Waals surface area contributed by atoms with Crippen molar-refractivity contribution in [3.8, 4) is 0 Å². The Hall–Kier alpha value is -1.38. The van der Waals surface area contributed by atoms with Gasteiger partial charge in [0.1, 0.15) is 0 Å². The molecule has 0 saturated heterocycles. The molecule has 1 aromatic rings. The van der Waals surface area contributed by atoms with Gasteiger partial charge in [-0.1, -0.05) is 13.3 Å². The lowest BCUT2D eigenvalue weighted by Crippen LogP contribution is -1.95. The quantitative estimate of drug-likeness (QED) is 0.526. The maximum Gasteiger partial charge on any atom is 0.168 e. The van der Waals surface area contributed by atoms with E-state index in [0.29, 0.717) is 5.84 Å². The van der Waals surface area contributed by atoms with Crippen LogP contribution in [-0.2, 0) is 0 Å². The Morgan fingerprint density at radius 3 is 2.92 bits per heavy atom. The molecule has 13 heavy (non-hydrogen) atoms. The number of aromatic amines is 1. The zero-order chi connectivity index (χ0) is 9.68. The Balaban J connectivity index is 2.58. The second kappa shape index (κ2) is 4.60. The highest BCUT2D eigenvalue weighted by Crippen LogP contribution is 2.01. The largest absolute Gasteiger partial charge is 0.356 e. The van der Waals surface area contributed by atoms with E-state index in [2.05, 4.69) is 16.9 Å². The predicted molar refractivity (Wildman–Crippen MR) is 55.8 cm³/mol. The maximum absolute atomic E-state index is 7.59. The van der Waals surface area contributed by atoms with Crippen LogP contribution >= 0.6 is 0 Å². The summed E-state index contributed by atoms with van der Waals surface area (Å²) in [5.41, 5.74) is 1.84. The van der Waals surface area contributed by atoms with Gasteiger partial charge in [-0.05, 0) is 25.5 Å². The van der Waals surface area contributed by atoms with Crippen molar-refractivity contribution in [2.75, 3.05) is 0 Å². The van der Waals surface area contributed by atoms with Crippen molar-refractivity contribution in [3.63, 3.8) is 0 Å². The molecule has 0 aliphatic rings. The molecule has 0 spiro atoms. The van der Waals surface area contributed by atoms with Gasteiger partial charge in [0.15, 0.2) is 5.84 Å². The number of H-pyrrole nitrogens is 1. The molecule has 0 atom stereocenters. The normalized spacial score (nSPS) is 10.9. The molecule has 0 aliphatic heterocycles. The van der Waals surface area contributed by atoms with Crippen LogP contribution in [0, 0.1) is 12.3 Å². The van der Waals surface area contributed by atoms with Crippen molar-refractivity contribution in [1.82, 2.24) is 4.98 Å². The number of hydrogen-bond acceptors (Lipinski definition) is 1. The molecule has 0 aliphatic carbocycles. The first-order chi connectivity index (χ1) is 6.24. The summed E-state index contributed by atoms with van der Waals surface area (Å²) in [6.45, 7) is 4.06. The topological polar surface area (TPSA) is 52.0 Å². The number of rotatable bonds is 3. The van der Waals surface area contributed by atoms with Crippen LogP contribution in [0.3, 0.4) is 0 Å². The Bertz CT molecular complexity index is 310. The minimum atomic E-state index is 0.307. The number of aryl methyl sites for hydroxylation is 1. The first-order valence-corrected chi connectivity index (χ1v) is 4.51. The van der Waals surface area contributed by atoms with Gasteiger partial charge in [0, 0.05) is 11.9 Å². The lowest BCUT2D eigenvalue weighted by Gasteiger charge is -1.92. The summed E-state index contributed by atoms with van der Waals surface area (Å²) in [7, 11) is 0. The summed E-state index contributed by atoms with van der Waals surface area (Å²) in [4.78, 5) is 7.09. The molecule has 0 saturated carbocycles. The van der Waals surface area contributed by atoms with Crippen LogP contribution in [0.15, 0.2) is 17.1 Å². The van der Waals surface area contributed by atoms with Gasteiger partial charge in [0.05, 0.1) is 5.69 Å². The van der Waals surface area contributed by atoms with Crippen LogP contribution in [0.2, 0.25) is 0 Å². The fraction of sp³-hybridized carbons (Fsp3) is 0.400. The Kier molecular flexibility index (Phi) is 3.43. The molecule has 0 aromatic carbocycles. The second-order valence-corrected chi connectivity index (χ2v) is 3.00. The molecule has 0 radical (unpaired) electrons. The molecule has 2 N–H and O–H groups in total. The number of nitrogens with zero attached hydrogens (tertiary/aromatic N) is 1. The van der Waals surface area contributed by atoms with Crippen LogP contribution in [0.25, 0.3) is 0 Å². The summed E-state index contributed by atoms with van der Waals surface area (Å²) in [5, 5.41) is 7.59. The van der Waals surface area contributed by atoms with Crippen LogP contribution in [0.1, 0.15) is 31.2 Å². The molecule has 3 heteroatoms. The molecule has 1 heterocycles. The highest BCUT2D eigenvalue weighted by Gasteiger charge is 1.99. The number of aliphatic imine (C=N–C) groups is 1. The number of aromatic nitrogens is 1. The first-order valence-electron chi connectivity index (χ1n) is 4.51. The third-order valence-corrected chi connectivity index (χ3v) is 1.73. The summed E-state index contributed by atoms with van der Waals surface area (Å²) in [6, 6.07) is 3.82. The van der Waals surface area contributed by atoms with Crippen molar-refractivity contribution in [3.05, 3.63) is 23.5 Å². The van der Waals surface area contributed by atoms with Crippen molar-refractivity contribution in [1.29, 1.82) is 5.41 Å². The van der Waals surface area contributed by atoms with Crippen LogP contribution in [0.4, 0.5) is 0 Å². The molecule has 3 nitrogen and oxygen atoms in total. The molecule has 0 bridgehead atoms. The van der Waals surface area contributed by atoms with Crippen molar-refractivity contribution in [2.24, 2.45) is 4.99 Å². The van der Waals surface area contributed by atoms with Gasteiger partial charge in [0.2, 0.25) is 0 Å². The average molecular weight is 177 g/mol. The first kappa shape index (κ1) is 9.71. The summed E-state index contributed by atoms with van der Waals surface area (Å²) in [5.74, 6) is 0.307. The number of hydrogen-bond donors (Lipinski definition) is 2. The van der Waals surface area contributed by atoms with E-state index in [0.717, 1.165) is 24.2 Å². The maximum atomic E-state index is 7.59. The minimum absolute atomic E-state index is 0.307. The summed E-state index contributed by atoms with van der Waals surface area (Å²) < 4.78 is 0. The lowest BCUT2D eigenvalue weighted by atomic mass is 10.3. The van der Waals surface area contributed by atoms with Crippen molar-refractivity contribution < 1.29 is 0 Å². The third kappa shape index (κ3) is 2.86. The molecular formula is C10H15N3. The highest BCUT2D eigenvalue weighted by atomic mass is 14.9. The Morgan fingerprint density at radius 1 is 1.62 bits per heavy atom. The van der Waals surface area contributed by atoms with Gasteiger partial charge in [-0.3, -0.25) is 5.41 Å². The Morgan fingerprint density at radius 2 is 2.38 bits per heavy atom. The smallest absolute Gasteiger partial charge is 0.168 e. The monoisotopic (exact) mass is 177 g/mol. The molecule has 1 aromatic heterocycles. The van der Waals surface area contributed by atoms with Crippen LogP contribution < -0.4 is 0 Å². The summed E-state index contributed by atoms with van der Waals surface area (Å²) >= 11 is 0. The zero-order valence-corrected chi connectivity index (χ0v) is 8.09. The van der Waals surface area contributed by atoms with E-state index in [1.54, 1.807) is 6.21 Å². The average Bonchev–Trinajstić information content (AvgIpc) is 2.52. The summed E-state index contributed by atoms with van der Waals surface area (Å²) in [6.07, 6.45) is 3.79. The van der Waals surface area contributed by atoms with E-state index in [9.17, 15) is 0 Å². The highest BCUT2D eigenvalue weighted by molar-refractivity contribution is 5.99. The fourth-order valence-corrected chi connectivity index (χ4v) is 0.997. The van der Waals surface area contributed by atoms with E-state index < -0.39 is 0 Å². The number of nitrogens with one attached hydrogen (secondary N) is 2. The molecule has 1 rings (SSSR count). The third-order valence-electron chi connectivity index (χ3n) is 1.73. The van der Waals surface area contributed by atoms with Crippen molar-refractivity contribution >= 4 is 12.1 Å². The molecule has 0 amide bonds. The van der Waals surface area contributed by atoms with Gasteiger partial charge < -0.3 is 4.98 Å². The van der Waals surface area contributed by atoms with E-state index in [1.165, 1.54) is 0 Å². The van der Waals surface area contributed by atoms with Crippen LogP contribution in [0.5, 0.6) is 0 Å². The van der Waals surface area contributed by atoms with Gasteiger partial charge in [-0.25, -0.2) is 4.99 Å². The van der Waals surface area contributed by atoms with E-state index in [1.807, 2.05) is 19.1 Å². The van der Waals surface area contributed by atoms with Crippen LogP contribution in [-0.4, -0.2) is 17.0 Å². The van der Waals surface area contributed by atoms with Gasteiger partial charge in [-0.2, -0.15) is 0 Å². The van der Waals surface area contributed by atoms with Gasteiger partial charge in [-0.15, -0.1) is 0 Å². The minimum Gasteiger partial charge on any atom is -0.356 e. The number of unbranched alkanes of at least 4 members (excludes halogenated alkanes) is 1. The number of amidine groups is 1. The SMILES string of the molecule is CCC/C=N\C(=N)c1ccc(C)[nH]1. The van der Waals surface area contributed by atoms with E-state index in [4.69, 9.17) is 5.41 Å². The van der Waals surface area contributed by atoms with E-state index in [-0.39, 0.29) is 0 Å². The second-order valence-electron chi connectivity index (χ2n) is 3.00. The Labute approximate surface area is 78.4 Å². The lowest BCUT2D eigenvalue weighted by molar-refractivity contribution is 1.01. The van der Waals surface area contributed by atoms with Gasteiger partial charge in [0.25, 0.3) is 0 Å². The molecule has 70 valence electrons. The molecule has 0 unspecified atom stereocenters. The fourth-order valence-electron chi connectivity index (χ4n) is 0.997.